The number of nitrogens with zero attached hydrogens (tertiary/aromatic N) is 1. The first-order valence-electron chi connectivity index (χ1n) is 8.79. The third-order valence-electron chi connectivity index (χ3n) is 5.17. The lowest BCUT2D eigenvalue weighted by atomic mass is 9.82. The molecular formula is C17H28N2O3. The molecule has 3 fully saturated rings. The Bertz CT molecular complexity index is 418. The van der Waals surface area contributed by atoms with Gasteiger partial charge in [0.15, 0.2) is 0 Å². The summed E-state index contributed by atoms with van der Waals surface area (Å²) in [5.74, 6) is 1.52. The Morgan fingerprint density at radius 3 is 2.59 bits per heavy atom. The van der Waals surface area contributed by atoms with E-state index in [1.54, 1.807) is 0 Å². The van der Waals surface area contributed by atoms with Crippen LogP contribution in [0, 0.1) is 11.8 Å². The predicted octanol–water partition coefficient (Wildman–Crippen LogP) is 1.71. The fourth-order valence-electron chi connectivity index (χ4n) is 3.44. The normalized spacial score (nSPS) is 26.6. The molecule has 2 saturated heterocycles. The van der Waals surface area contributed by atoms with Gasteiger partial charge in [-0.2, -0.15) is 0 Å². The molecule has 2 aliphatic heterocycles. The molecule has 1 spiro atoms. The quantitative estimate of drug-likeness (QED) is 0.812. The number of likely N-dealkylation sites (tertiary alicyclic amines) is 1. The lowest BCUT2D eigenvalue weighted by Crippen LogP contribution is -2.66. The standard InChI is InChI=1S/C17H28N2O3/c1-2-3-16(21)19-11-17(12-19)7-6-14(10-22-17)9-18-15(20)8-13-4-5-13/h13-14H,2-12H2,1H3,(H,18,20)/t14-/m0/s1. The number of hydrogen-bond donors (Lipinski definition) is 1. The molecule has 0 aromatic heterocycles. The fourth-order valence-corrected chi connectivity index (χ4v) is 3.44. The first-order chi connectivity index (χ1) is 10.6. The van der Waals surface area contributed by atoms with Crippen LogP contribution in [0.15, 0.2) is 0 Å². The molecule has 0 radical (unpaired) electrons. The van der Waals surface area contributed by atoms with Crippen LogP contribution in [0.4, 0.5) is 0 Å². The van der Waals surface area contributed by atoms with Crippen molar-refractivity contribution >= 4 is 11.8 Å². The van der Waals surface area contributed by atoms with Gasteiger partial charge in [0.1, 0.15) is 5.60 Å². The van der Waals surface area contributed by atoms with Crippen molar-refractivity contribution in [1.29, 1.82) is 0 Å². The van der Waals surface area contributed by atoms with E-state index in [2.05, 4.69) is 5.32 Å². The van der Waals surface area contributed by atoms with Gasteiger partial charge >= 0.3 is 0 Å². The van der Waals surface area contributed by atoms with Crippen LogP contribution in [0.2, 0.25) is 0 Å². The Morgan fingerprint density at radius 1 is 1.23 bits per heavy atom. The minimum absolute atomic E-state index is 0.0854. The summed E-state index contributed by atoms with van der Waals surface area (Å²) in [5, 5.41) is 3.05. The SMILES string of the molecule is CCCC(=O)N1CC2(CC[C@@H](CNC(=O)CC3CC3)CO2)C1. The van der Waals surface area contributed by atoms with E-state index in [1.807, 2.05) is 11.8 Å². The number of amides is 2. The van der Waals surface area contributed by atoms with Gasteiger partial charge in [-0.25, -0.2) is 0 Å². The number of hydrogen-bond acceptors (Lipinski definition) is 3. The first kappa shape index (κ1) is 15.8. The number of carbonyl (C=O) groups is 2. The summed E-state index contributed by atoms with van der Waals surface area (Å²) in [6.07, 6.45) is 6.78. The zero-order valence-electron chi connectivity index (χ0n) is 13.6. The molecule has 1 N–H and O–H groups in total. The van der Waals surface area contributed by atoms with Crippen molar-refractivity contribution < 1.29 is 14.3 Å². The minimum atomic E-state index is -0.0854. The van der Waals surface area contributed by atoms with E-state index in [1.165, 1.54) is 12.8 Å². The van der Waals surface area contributed by atoms with Crippen LogP contribution in [0.5, 0.6) is 0 Å². The van der Waals surface area contributed by atoms with Gasteiger partial charge in [-0.05, 0) is 43.9 Å². The Hall–Kier alpha value is -1.10. The second-order valence-electron chi connectivity index (χ2n) is 7.35. The molecule has 22 heavy (non-hydrogen) atoms. The molecule has 3 aliphatic rings. The average Bonchev–Trinajstić information content (AvgIpc) is 3.27. The van der Waals surface area contributed by atoms with Crippen molar-refractivity contribution in [3.05, 3.63) is 0 Å². The van der Waals surface area contributed by atoms with Gasteiger partial charge in [-0.1, -0.05) is 6.92 Å². The van der Waals surface area contributed by atoms with Gasteiger partial charge in [0.25, 0.3) is 0 Å². The van der Waals surface area contributed by atoms with Gasteiger partial charge in [0.2, 0.25) is 11.8 Å². The summed E-state index contributed by atoms with van der Waals surface area (Å²) < 4.78 is 6.05. The molecule has 1 aliphatic carbocycles. The summed E-state index contributed by atoms with van der Waals surface area (Å²) in [6, 6.07) is 0. The first-order valence-corrected chi connectivity index (χ1v) is 8.79. The molecule has 2 heterocycles. The van der Waals surface area contributed by atoms with E-state index in [9.17, 15) is 9.59 Å². The van der Waals surface area contributed by atoms with Gasteiger partial charge in [0, 0.05) is 19.4 Å². The van der Waals surface area contributed by atoms with Crippen LogP contribution in [-0.2, 0) is 14.3 Å². The van der Waals surface area contributed by atoms with Crippen LogP contribution < -0.4 is 5.32 Å². The molecule has 3 rings (SSSR count). The molecule has 0 unspecified atom stereocenters. The highest BCUT2D eigenvalue weighted by molar-refractivity contribution is 5.77. The minimum Gasteiger partial charge on any atom is -0.371 e. The highest BCUT2D eigenvalue weighted by atomic mass is 16.5. The monoisotopic (exact) mass is 308 g/mol. The van der Waals surface area contributed by atoms with Gasteiger partial charge < -0.3 is 15.0 Å². The summed E-state index contributed by atoms with van der Waals surface area (Å²) in [7, 11) is 0. The largest absolute Gasteiger partial charge is 0.371 e. The Morgan fingerprint density at radius 2 is 2.00 bits per heavy atom. The van der Waals surface area contributed by atoms with Crippen molar-refractivity contribution in [3.8, 4) is 0 Å². The lowest BCUT2D eigenvalue weighted by Gasteiger charge is -2.52. The summed E-state index contributed by atoms with van der Waals surface area (Å²) in [6.45, 7) is 4.99. The number of carbonyl (C=O) groups excluding carboxylic acids is 2. The maximum atomic E-state index is 11.8. The van der Waals surface area contributed by atoms with Crippen LogP contribution in [0.3, 0.4) is 0 Å². The molecule has 0 bridgehead atoms. The third-order valence-corrected chi connectivity index (χ3v) is 5.17. The maximum absolute atomic E-state index is 11.8. The summed E-state index contributed by atoms with van der Waals surface area (Å²) >= 11 is 0. The Labute approximate surface area is 132 Å². The zero-order chi connectivity index (χ0) is 15.6. The Kier molecular flexibility index (Phi) is 4.71. The molecule has 124 valence electrons. The van der Waals surface area contributed by atoms with Crippen molar-refractivity contribution in [2.45, 2.75) is 57.5 Å². The highest BCUT2D eigenvalue weighted by Gasteiger charge is 2.48. The second kappa shape index (κ2) is 6.57. The molecule has 1 atom stereocenters. The lowest BCUT2D eigenvalue weighted by molar-refractivity contribution is -0.188. The van der Waals surface area contributed by atoms with Crippen molar-refractivity contribution in [1.82, 2.24) is 10.2 Å². The van der Waals surface area contributed by atoms with Crippen LogP contribution in [-0.4, -0.2) is 48.6 Å². The average molecular weight is 308 g/mol. The van der Waals surface area contributed by atoms with Crippen molar-refractivity contribution in [3.63, 3.8) is 0 Å². The number of ether oxygens (including phenoxy) is 1. The molecule has 0 aromatic rings. The second-order valence-corrected chi connectivity index (χ2v) is 7.35. The van der Waals surface area contributed by atoms with Crippen molar-refractivity contribution in [2.24, 2.45) is 11.8 Å². The van der Waals surface area contributed by atoms with Crippen LogP contribution >= 0.6 is 0 Å². The maximum Gasteiger partial charge on any atom is 0.222 e. The summed E-state index contributed by atoms with van der Waals surface area (Å²) in [5.41, 5.74) is -0.0854. The van der Waals surface area contributed by atoms with E-state index >= 15 is 0 Å². The van der Waals surface area contributed by atoms with E-state index in [4.69, 9.17) is 4.74 Å². The summed E-state index contributed by atoms with van der Waals surface area (Å²) in [4.78, 5) is 25.4. The molecule has 0 aromatic carbocycles. The number of rotatable bonds is 6. The molecule has 2 amide bonds. The van der Waals surface area contributed by atoms with E-state index in [-0.39, 0.29) is 17.4 Å². The predicted molar refractivity (Wildman–Crippen MR) is 83.2 cm³/mol. The Balaban J connectivity index is 1.33. The molecular weight excluding hydrogens is 280 g/mol. The van der Waals surface area contributed by atoms with E-state index in [0.29, 0.717) is 31.3 Å². The smallest absolute Gasteiger partial charge is 0.222 e. The van der Waals surface area contributed by atoms with Gasteiger partial charge in [-0.3, -0.25) is 9.59 Å². The molecule has 1 saturated carbocycles. The van der Waals surface area contributed by atoms with E-state index in [0.717, 1.165) is 38.9 Å². The molecule has 5 nitrogen and oxygen atoms in total. The van der Waals surface area contributed by atoms with Gasteiger partial charge in [-0.15, -0.1) is 0 Å². The fraction of sp³-hybridized carbons (Fsp3) is 0.882. The third kappa shape index (κ3) is 3.80. The van der Waals surface area contributed by atoms with Crippen LogP contribution in [0.1, 0.15) is 51.9 Å². The molecule has 5 heteroatoms. The van der Waals surface area contributed by atoms with Crippen LogP contribution in [0.25, 0.3) is 0 Å². The number of nitrogens with one attached hydrogen (secondary N) is 1. The van der Waals surface area contributed by atoms with E-state index < -0.39 is 0 Å². The zero-order valence-corrected chi connectivity index (χ0v) is 13.6. The van der Waals surface area contributed by atoms with Crippen molar-refractivity contribution in [2.75, 3.05) is 26.2 Å². The highest BCUT2D eigenvalue weighted by Crippen LogP contribution is 2.36. The topological polar surface area (TPSA) is 58.6 Å². The van der Waals surface area contributed by atoms with Gasteiger partial charge in [0.05, 0.1) is 19.7 Å².